The molecule has 30 heavy (non-hydrogen) atoms. The Morgan fingerprint density at radius 1 is 0.967 bits per heavy atom. The zero-order chi connectivity index (χ0) is 21.2. The third kappa shape index (κ3) is 4.25. The average molecular weight is 412 g/mol. The highest BCUT2D eigenvalue weighted by molar-refractivity contribution is 5.88. The molecule has 3 aliphatic rings. The molecular weight excluding hydrogens is 387 g/mol. The molecule has 3 saturated carbocycles. The maximum absolute atomic E-state index is 12.9. The van der Waals surface area contributed by atoms with Crippen molar-refractivity contribution in [3.63, 3.8) is 0 Å². The summed E-state index contributed by atoms with van der Waals surface area (Å²) in [6.45, 7) is 2.64. The lowest BCUT2D eigenvalue weighted by Gasteiger charge is -2.69. The van der Waals surface area contributed by atoms with Gasteiger partial charge in [-0.15, -0.1) is 0 Å². The van der Waals surface area contributed by atoms with Gasteiger partial charge in [0.15, 0.2) is 6.61 Å². The van der Waals surface area contributed by atoms with Gasteiger partial charge in [0.2, 0.25) is 5.91 Å². The number of halogens is 1. The number of carbonyl (C=O) groups is 2. The normalized spacial score (nSPS) is 23.5. The van der Waals surface area contributed by atoms with Gasteiger partial charge in [0.1, 0.15) is 23.9 Å². The molecule has 2 aromatic carbocycles. The molecule has 6 nitrogen and oxygen atoms in total. The minimum Gasteiger partial charge on any atom is -0.492 e. The zero-order valence-electron chi connectivity index (χ0n) is 16.9. The Balaban J connectivity index is 1.13. The van der Waals surface area contributed by atoms with Crippen molar-refractivity contribution in [1.29, 1.82) is 0 Å². The highest BCUT2D eigenvalue weighted by Crippen LogP contribution is 2.67. The number of nitrogens with one attached hydrogen (secondary N) is 2. The molecule has 158 valence electrons. The van der Waals surface area contributed by atoms with Crippen molar-refractivity contribution in [1.82, 2.24) is 10.6 Å². The van der Waals surface area contributed by atoms with Crippen molar-refractivity contribution >= 4 is 11.8 Å². The minimum atomic E-state index is -0.374. The maximum atomic E-state index is 12.9. The van der Waals surface area contributed by atoms with E-state index in [2.05, 4.69) is 10.6 Å². The van der Waals surface area contributed by atoms with Crippen LogP contribution in [0.5, 0.6) is 11.5 Å². The van der Waals surface area contributed by atoms with Crippen LogP contribution in [0.3, 0.4) is 0 Å². The molecule has 7 heteroatoms. The number of hydrogen-bond donors (Lipinski definition) is 2. The Morgan fingerprint density at radius 2 is 1.57 bits per heavy atom. The number of ether oxygens (including phenoxy) is 2. The summed E-state index contributed by atoms with van der Waals surface area (Å²) in [5.74, 6) is 0.731. The van der Waals surface area contributed by atoms with E-state index in [0.717, 1.165) is 5.56 Å². The van der Waals surface area contributed by atoms with Gasteiger partial charge in [-0.05, 0) is 62.6 Å². The van der Waals surface area contributed by atoms with Gasteiger partial charge in [0.25, 0.3) is 5.91 Å². The van der Waals surface area contributed by atoms with Crippen LogP contribution in [0.4, 0.5) is 4.39 Å². The van der Waals surface area contributed by atoms with Gasteiger partial charge in [-0.25, -0.2) is 4.39 Å². The molecular formula is C23H25FN2O4. The van der Waals surface area contributed by atoms with Crippen LogP contribution in [0.1, 0.15) is 24.8 Å². The summed E-state index contributed by atoms with van der Waals surface area (Å²) in [5.41, 5.74) is 0.489. The third-order valence-corrected chi connectivity index (χ3v) is 5.78. The summed E-state index contributed by atoms with van der Waals surface area (Å²) in [6.07, 6.45) is 1.96. The Labute approximate surface area is 174 Å². The molecule has 0 saturated heterocycles. The van der Waals surface area contributed by atoms with E-state index >= 15 is 0 Å². The standard InChI is InChI=1S/C23H25FN2O4/c1-16-2-6-19(7-3-16)30-12-20(27)26-23-13-22(14-23,15-23)21(28)25-10-11-29-18-8-4-17(24)5-9-18/h2-9H,10-15H2,1H3,(H,25,28)(H,26,27). The second kappa shape index (κ2) is 7.97. The fraction of sp³-hybridized carbons (Fsp3) is 0.391. The molecule has 0 atom stereocenters. The Kier molecular flexibility index (Phi) is 5.37. The van der Waals surface area contributed by atoms with E-state index in [9.17, 15) is 14.0 Å². The van der Waals surface area contributed by atoms with Crippen LogP contribution in [0.25, 0.3) is 0 Å². The van der Waals surface area contributed by atoms with Crippen LogP contribution >= 0.6 is 0 Å². The molecule has 0 aromatic heterocycles. The zero-order valence-corrected chi connectivity index (χ0v) is 16.9. The predicted molar refractivity (Wildman–Crippen MR) is 109 cm³/mol. The summed E-state index contributed by atoms with van der Waals surface area (Å²) in [4.78, 5) is 24.6. The molecule has 2 N–H and O–H groups in total. The SMILES string of the molecule is Cc1ccc(OCC(=O)NC23CC(C(=O)NCCOc4ccc(F)cc4)(C2)C3)cc1. The molecule has 0 radical (unpaired) electrons. The Morgan fingerprint density at radius 3 is 2.23 bits per heavy atom. The molecule has 0 spiro atoms. The molecule has 5 rings (SSSR count). The quantitative estimate of drug-likeness (QED) is 0.621. The second-order valence-corrected chi connectivity index (χ2v) is 8.30. The van der Waals surface area contributed by atoms with Gasteiger partial charge in [0, 0.05) is 5.54 Å². The van der Waals surface area contributed by atoms with Crippen LogP contribution in [-0.4, -0.2) is 37.1 Å². The van der Waals surface area contributed by atoms with E-state index in [1.165, 1.54) is 12.1 Å². The molecule has 3 fully saturated rings. The maximum Gasteiger partial charge on any atom is 0.258 e. The molecule has 2 amide bonds. The van der Waals surface area contributed by atoms with Crippen molar-refractivity contribution in [2.75, 3.05) is 19.8 Å². The number of benzene rings is 2. The molecule has 0 aliphatic heterocycles. The number of aryl methyl sites for hydroxylation is 1. The fourth-order valence-electron chi connectivity index (χ4n) is 4.33. The summed E-state index contributed by atoms with van der Waals surface area (Å²) in [5, 5.41) is 5.91. The van der Waals surface area contributed by atoms with E-state index in [1.54, 1.807) is 12.1 Å². The van der Waals surface area contributed by atoms with Crippen LogP contribution in [0, 0.1) is 18.2 Å². The fourth-order valence-corrected chi connectivity index (χ4v) is 4.33. The summed E-state index contributed by atoms with van der Waals surface area (Å²) < 4.78 is 23.8. The van der Waals surface area contributed by atoms with E-state index in [-0.39, 0.29) is 35.2 Å². The largest absolute Gasteiger partial charge is 0.492 e. The Hall–Kier alpha value is -3.09. The van der Waals surface area contributed by atoms with Gasteiger partial charge in [-0.1, -0.05) is 17.7 Å². The van der Waals surface area contributed by atoms with Gasteiger partial charge in [0.05, 0.1) is 12.0 Å². The number of rotatable bonds is 9. The summed E-state index contributed by atoms with van der Waals surface area (Å²) in [7, 11) is 0. The van der Waals surface area contributed by atoms with E-state index in [0.29, 0.717) is 43.9 Å². The molecule has 2 bridgehead atoms. The first-order chi connectivity index (χ1) is 14.4. The molecule has 0 heterocycles. The van der Waals surface area contributed by atoms with E-state index < -0.39 is 0 Å². The average Bonchev–Trinajstić information content (AvgIpc) is 2.67. The van der Waals surface area contributed by atoms with Crippen molar-refractivity contribution < 1.29 is 23.5 Å². The van der Waals surface area contributed by atoms with Crippen LogP contribution in [0.15, 0.2) is 48.5 Å². The lowest BCUT2D eigenvalue weighted by atomic mass is 9.39. The third-order valence-electron chi connectivity index (χ3n) is 5.78. The minimum absolute atomic E-state index is 0.00256. The van der Waals surface area contributed by atoms with Crippen molar-refractivity contribution in [3.05, 3.63) is 59.9 Å². The smallest absolute Gasteiger partial charge is 0.258 e. The lowest BCUT2D eigenvalue weighted by Crippen LogP contribution is -2.78. The van der Waals surface area contributed by atoms with E-state index in [1.807, 2.05) is 31.2 Å². The van der Waals surface area contributed by atoms with Crippen molar-refractivity contribution in [3.8, 4) is 11.5 Å². The van der Waals surface area contributed by atoms with Crippen LogP contribution in [0.2, 0.25) is 0 Å². The summed E-state index contributed by atoms with van der Waals surface area (Å²) in [6, 6.07) is 13.3. The van der Waals surface area contributed by atoms with Crippen LogP contribution in [-0.2, 0) is 9.59 Å². The molecule has 3 aliphatic carbocycles. The van der Waals surface area contributed by atoms with Gasteiger partial charge < -0.3 is 20.1 Å². The van der Waals surface area contributed by atoms with Gasteiger partial charge >= 0.3 is 0 Å². The van der Waals surface area contributed by atoms with Crippen LogP contribution < -0.4 is 20.1 Å². The highest BCUT2D eigenvalue weighted by atomic mass is 19.1. The summed E-state index contributed by atoms with van der Waals surface area (Å²) >= 11 is 0. The van der Waals surface area contributed by atoms with E-state index in [4.69, 9.17) is 9.47 Å². The molecule has 2 aromatic rings. The first-order valence-electron chi connectivity index (χ1n) is 10.1. The highest BCUT2D eigenvalue weighted by Gasteiger charge is 2.72. The van der Waals surface area contributed by atoms with Gasteiger partial charge in [-0.3, -0.25) is 9.59 Å². The Bertz CT molecular complexity index is 907. The van der Waals surface area contributed by atoms with Gasteiger partial charge in [-0.2, -0.15) is 0 Å². The number of hydrogen-bond acceptors (Lipinski definition) is 4. The predicted octanol–water partition coefficient (Wildman–Crippen LogP) is 2.75. The van der Waals surface area contributed by atoms with Crippen molar-refractivity contribution in [2.45, 2.75) is 31.7 Å². The van der Waals surface area contributed by atoms with Crippen molar-refractivity contribution in [2.24, 2.45) is 5.41 Å². The second-order valence-electron chi connectivity index (χ2n) is 8.30. The first-order valence-corrected chi connectivity index (χ1v) is 10.1. The monoisotopic (exact) mass is 412 g/mol. The molecule has 0 unspecified atom stereocenters. The number of carbonyl (C=O) groups excluding carboxylic acids is 2. The topological polar surface area (TPSA) is 76.7 Å². The lowest BCUT2D eigenvalue weighted by molar-refractivity contribution is -0.184. The first kappa shape index (κ1) is 20.2. The number of amides is 2.